The van der Waals surface area contributed by atoms with Gasteiger partial charge in [-0.05, 0) is 42.7 Å². The lowest BCUT2D eigenvalue weighted by atomic mass is 9.94. The Balaban J connectivity index is 1.64. The monoisotopic (exact) mass is 334 g/mol. The minimum atomic E-state index is -0.612. The van der Waals surface area contributed by atoms with Crippen LogP contribution < -0.4 is 10.9 Å². The van der Waals surface area contributed by atoms with E-state index in [1.54, 1.807) is 0 Å². The Morgan fingerprint density at radius 3 is 2.83 bits per heavy atom. The average Bonchev–Trinajstić information content (AvgIpc) is 3.38. The molecule has 1 saturated carbocycles. The molecule has 2 N–H and O–H groups in total. The second kappa shape index (κ2) is 6.86. The number of hydrogen-bond donors (Lipinski definition) is 2. The van der Waals surface area contributed by atoms with E-state index in [4.69, 9.17) is 0 Å². The van der Waals surface area contributed by atoms with Crippen LogP contribution in [0.2, 0.25) is 0 Å². The lowest BCUT2D eigenvalue weighted by molar-refractivity contribution is 0.0933. The van der Waals surface area contributed by atoms with Crippen LogP contribution in [0.4, 0.5) is 8.78 Å². The minimum Gasteiger partial charge on any atom is -0.349 e. The normalized spacial score (nSPS) is 15.1. The lowest BCUT2D eigenvalue weighted by Crippen LogP contribution is -2.33. The first-order valence-electron chi connectivity index (χ1n) is 7.67. The molecule has 6 nitrogen and oxygen atoms in total. The Bertz CT molecular complexity index is 805. The summed E-state index contributed by atoms with van der Waals surface area (Å²) in [5.41, 5.74) is -0.0854. The van der Waals surface area contributed by atoms with Crippen molar-refractivity contribution in [2.45, 2.75) is 19.3 Å². The van der Waals surface area contributed by atoms with Crippen LogP contribution in [0.1, 0.15) is 29.0 Å². The van der Waals surface area contributed by atoms with Crippen LogP contribution in [-0.2, 0) is 6.42 Å². The van der Waals surface area contributed by atoms with E-state index < -0.39 is 23.1 Å². The van der Waals surface area contributed by atoms with Gasteiger partial charge in [0, 0.05) is 12.6 Å². The first-order valence-corrected chi connectivity index (χ1v) is 7.67. The number of carbonyl (C=O) groups excluding carboxylic acids is 1. The van der Waals surface area contributed by atoms with Crippen LogP contribution in [0.25, 0.3) is 0 Å². The van der Waals surface area contributed by atoms with Crippen LogP contribution in [0.15, 0.2) is 29.2 Å². The molecule has 0 radical (unpaired) electrons. The first-order chi connectivity index (χ1) is 11.5. The number of hydrogen-bond acceptors (Lipinski definition) is 4. The number of amides is 1. The van der Waals surface area contributed by atoms with Crippen molar-refractivity contribution in [3.63, 3.8) is 0 Å². The van der Waals surface area contributed by atoms with E-state index >= 15 is 0 Å². The summed E-state index contributed by atoms with van der Waals surface area (Å²) in [6.45, 7) is 0.318. The highest BCUT2D eigenvalue weighted by Gasteiger charge is 2.32. The third-order valence-corrected chi connectivity index (χ3v) is 4.10. The molecule has 1 aromatic heterocycles. The number of rotatable bonds is 6. The number of aromatic nitrogens is 3. The quantitative estimate of drug-likeness (QED) is 0.837. The number of halogens is 2. The van der Waals surface area contributed by atoms with E-state index in [0.29, 0.717) is 24.4 Å². The molecule has 3 rings (SSSR count). The van der Waals surface area contributed by atoms with Gasteiger partial charge in [0.1, 0.15) is 17.8 Å². The van der Waals surface area contributed by atoms with E-state index in [-0.39, 0.29) is 11.7 Å². The maximum absolute atomic E-state index is 13.8. The van der Waals surface area contributed by atoms with Crippen LogP contribution in [0, 0.1) is 23.5 Å². The third-order valence-electron chi connectivity index (χ3n) is 4.10. The molecule has 1 aliphatic rings. The summed E-state index contributed by atoms with van der Waals surface area (Å²) in [4.78, 5) is 25.4. The largest absolute Gasteiger partial charge is 0.349 e. The number of nitrogens with one attached hydrogen (secondary N) is 2. The zero-order valence-electron chi connectivity index (χ0n) is 12.8. The first kappa shape index (κ1) is 16.2. The molecule has 0 bridgehead atoms. The van der Waals surface area contributed by atoms with Crippen LogP contribution in [0.3, 0.4) is 0 Å². The van der Waals surface area contributed by atoms with Gasteiger partial charge in [-0.2, -0.15) is 5.10 Å². The summed E-state index contributed by atoms with van der Waals surface area (Å²) < 4.78 is 26.8. The summed E-state index contributed by atoms with van der Waals surface area (Å²) in [5.74, 6) is -1.45. The molecule has 1 heterocycles. The highest BCUT2D eigenvalue weighted by molar-refractivity contribution is 5.90. The van der Waals surface area contributed by atoms with Crippen molar-refractivity contribution >= 4 is 5.91 Å². The number of H-pyrrole nitrogens is 1. The van der Waals surface area contributed by atoms with Gasteiger partial charge in [-0.25, -0.2) is 8.78 Å². The summed E-state index contributed by atoms with van der Waals surface area (Å²) >= 11 is 0. The predicted octanol–water partition coefficient (Wildman–Crippen LogP) is 1.44. The van der Waals surface area contributed by atoms with E-state index in [2.05, 4.69) is 20.5 Å². The Labute approximate surface area is 136 Å². The zero-order chi connectivity index (χ0) is 17.1. The highest BCUT2D eigenvalue weighted by Crippen LogP contribution is 2.38. The van der Waals surface area contributed by atoms with Crippen molar-refractivity contribution in [3.8, 4) is 0 Å². The Morgan fingerprint density at radius 1 is 1.38 bits per heavy atom. The van der Waals surface area contributed by atoms with Crippen molar-refractivity contribution < 1.29 is 13.6 Å². The van der Waals surface area contributed by atoms with E-state index in [0.717, 1.165) is 25.1 Å². The fourth-order valence-corrected chi connectivity index (χ4v) is 2.67. The molecule has 8 heteroatoms. The van der Waals surface area contributed by atoms with E-state index in [1.165, 1.54) is 12.1 Å². The second-order valence-corrected chi connectivity index (χ2v) is 5.93. The number of carbonyl (C=O) groups is 1. The average molecular weight is 334 g/mol. The molecule has 126 valence electrons. The molecule has 1 aromatic carbocycles. The van der Waals surface area contributed by atoms with Gasteiger partial charge in [-0.3, -0.25) is 14.6 Å². The molecule has 24 heavy (non-hydrogen) atoms. The van der Waals surface area contributed by atoms with Gasteiger partial charge in [-0.15, -0.1) is 5.10 Å². The van der Waals surface area contributed by atoms with E-state index in [9.17, 15) is 18.4 Å². The van der Waals surface area contributed by atoms with Crippen LogP contribution in [-0.4, -0.2) is 27.6 Å². The van der Waals surface area contributed by atoms with Gasteiger partial charge in [0.05, 0.1) is 0 Å². The second-order valence-electron chi connectivity index (χ2n) is 5.93. The van der Waals surface area contributed by atoms with Gasteiger partial charge in [-0.1, -0.05) is 6.07 Å². The molecule has 1 fully saturated rings. The maximum Gasteiger partial charge on any atom is 0.289 e. The number of nitrogens with zero attached hydrogens (tertiary/aromatic N) is 2. The maximum atomic E-state index is 13.8. The third kappa shape index (κ3) is 4.01. The molecular weight excluding hydrogens is 318 g/mol. The predicted molar refractivity (Wildman–Crippen MR) is 81.3 cm³/mol. The molecule has 1 aliphatic carbocycles. The number of benzene rings is 1. The van der Waals surface area contributed by atoms with Gasteiger partial charge in [0.25, 0.3) is 11.5 Å². The summed E-state index contributed by atoms with van der Waals surface area (Å²) in [6, 6.07) is 3.52. The van der Waals surface area contributed by atoms with Crippen LogP contribution in [0.5, 0.6) is 0 Å². The van der Waals surface area contributed by atoms with Crippen molar-refractivity contribution in [3.05, 3.63) is 57.8 Å². The van der Waals surface area contributed by atoms with Crippen LogP contribution >= 0.6 is 0 Å². The van der Waals surface area contributed by atoms with E-state index in [1.807, 2.05) is 0 Å². The van der Waals surface area contributed by atoms with Gasteiger partial charge in [0.2, 0.25) is 5.82 Å². The molecule has 1 atom stereocenters. The molecule has 2 aromatic rings. The standard InChI is InChI=1S/C16H16F2N4O2/c17-12-4-3-10(13(18)6-12)5-11(9-1-2-9)7-19-16(24)15-21-14(23)8-20-22-15/h3-4,6,8-9,11H,1-2,5,7H2,(H,19,24)(H,21,22,23)/t11-/m0/s1. The summed E-state index contributed by atoms with van der Waals surface area (Å²) in [5, 5.41) is 9.68. The molecule has 0 spiro atoms. The van der Waals surface area contributed by atoms with Gasteiger partial charge < -0.3 is 5.32 Å². The SMILES string of the molecule is O=C(NC[C@H](Cc1ccc(F)cc1F)C1CC1)c1nncc(=O)[nH]1. The zero-order valence-corrected chi connectivity index (χ0v) is 12.8. The topological polar surface area (TPSA) is 87.7 Å². The summed E-state index contributed by atoms with van der Waals surface area (Å²) in [7, 11) is 0. The highest BCUT2D eigenvalue weighted by atomic mass is 19.1. The smallest absolute Gasteiger partial charge is 0.289 e. The Morgan fingerprint density at radius 2 is 2.17 bits per heavy atom. The molecule has 0 aliphatic heterocycles. The fraction of sp³-hybridized carbons (Fsp3) is 0.375. The fourth-order valence-electron chi connectivity index (χ4n) is 2.67. The van der Waals surface area contributed by atoms with Crippen molar-refractivity contribution in [1.29, 1.82) is 0 Å². The minimum absolute atomic E-state index is 0.0392. The molecule has 0 unspecified atom stereocenters. The molecular formula is C16H16F2N4O2. The number of aromatic amines is 1. The van der Waals surface area contributed by atoms with Crippen molar-refractivity contribution in [1.82, 2.24) is 20.5 Å². The lowest BCUT2D eigenvalue weighted by Gasteiger charge is -2.17. The Hall–Kier alpha value is -2.64. The molecule has 1 amide bonds. The molecule has 0 saturated heterocycles. The summed E-state index contributed by atoms with van der Waals surface area (Å²) in [6.07, 6.45) is 3.42. The Kier molecular flexibility index (Phi) is 4.64. The van der Waals surface area contributed by atoms with Gasteiger partial charge >= 0.3 is 0 Å². The van der Waals surface area contributed by atoms with Crippen molar-refractivity contribution in [2.75, 3.05) is 6.54 Å². The van der Waals surface area contributed by atoms with Gasteiger partial charge in [0.15, 0.2) is 0 Å². The van der Waals surface area contributed by atoms with Crippen molar-refractivity contribution in [2.24, 2.45) is 11.8 Å².